The summed E-state index contributed by atoms with van der Waals surface area (Å²) in [6.07, 6.45) is 3.93. The molecule has 6 nitrogen and oxygen atoms in total. The van der Waals surface area contributed by atoms with Crippen molar-refractivity contribution in [2.24, 2.45) is 16.6 Å². The van der Waals surface area contributed by atoms with Gasteiger partial charge in [0.1, 0.15) is 0 Å². The van der Waals surface area contributed by atoms with E-state index in [0.717, 1.165) is 32.2 Å². The zero-order valence-electron chi connectivity index (χ0n) is 19.2. The molecule has 0 saturated carbocycles. The number of urea groups is 2. The minimum absolute atomic E-state index is 0.00609. The van der Waals surface area contributed by atoms with Crippen molar-refractivity contribution in [1.29, 1.82) is 0 Å². The number of unbranched alkanes of at least 4 members (excludes halogenated alkanes) is 3. The Morgan fingerprint density at radius 1 is 0.815 bits per heavy atom. The van der Waals surface area contributed by atoms with E-state index >= 15 is 0 Å². The quantitative estimate of drug-likeness (QED) is 0.576. The molecule has 0 aromatic carbocycles. The van der Waals surface area contributed by atoms with Crippen LogP contribution in [0.2, 0.25) is 0 Å². The lowest BCUT2D eigenvalue weighted by Gasteiger charge is -2.38. The summed E-state index contributed by atoms with van der Waals surface area (Å²) in [5.41, 5.74) is 5.62. The Morgan fingerprint density at radius 2 is 1.19 bits per heavy atom. The minimum Gasteiger partial charge on any atom is -0.351 e. The molecule has 0 aliphatic heterocycles. The van der Waals surface area contributed by atoms with E-state index in [9.17, 15) is 9.59 Å². The van der Waals surface area contributed by atoms with Gasteiger partial charge in [-0.1, -0.05) is 54.4 Å². The summed E-state index contributed by atoms with van der Waals surface area (Å²) in [4.78, 5) is 27.7. The van der Waals surface area contributed by atoms with Crippen LogP contribution in [-0.2, 0) is 0 Å². The molecule has 4 amide bonds. The van der Waals surface area contributed by atoms with Crippen LogP contribution < -0.4 is 11.1 Å². The Morgan fingerprint density at radius 3 is 1.52 bits per heavy atom. The molecule has 3 N–H and O–H groups in total. The molecule has 0 fully saturated rings. The van der Waals surface area contributed by atoms with Crippen LogP contribution in [0.15, 0.2) is 0 Å². The predicted molar refractivity (Wildman–Crippen MR) is 114 cm³/mol. The van der Waals surface area contributed by atoms with Gasteiger partial charge in [0.2, 0.25) is 0 Å². The molecule has 6 heteroatoms. The van der Waals surface area contributed by atoms with Gasteiger partial charge in [0.05, 0.1) is 0 Å². The average molecular weight is 385 g/mol. The monoisotopic (exact) mass is 384 g/mol. The van der Waals surface area contributed by atoms with Crippen molar-refractivity contribution in [2.75, 3.05) is 20.1 Å². The van der Waals surface area contributed by atoms with Crippen molar-refractivity contribution in [3.8, 4) is 0 Å². The van der Waals surface area contributed by atoms with Gasteiger partial charge in [-0.15, -0.1) is 0 Å². The van der Waals surface area contributed by atoms with E-state index in [1.807, 2.05) is 4.90 Å². The van der Waals surface area contributed by atoms with Gasteiger partial charge < -0.3 is 20.9 Å². The molecular formula is C21H44N4O2. The van der Waals surface area contributed by atoms with E-state index in [4.69, 9.17) is 5.73 Å². The number of rotatable bonds is 9. The number of hydrogen-bond acceptors (Lipinski definition) is 2. The highest BCUT2D eigenvalue weighted by Gasteiger charge is 2.29. The number of nitrogens with one attached hydrogen (secondary N) is 1. The molecule has 0 aromatic rings. The fourth-order valence-corrected chi connectivity index (χ4v) is 2.96. The lowest BCUT2D eigenvalue weighted by molar-refractivity contribution is 0.125. The third-order valence-electron chi connectivity index (χ3n) is 5.75. The zero-order chi connectivity index (χ0) is 21.4. The molecule has 0 radical (unpaired) electrons. The van der Waals surface area contributed by atoms with Crippen molar-refractivity contribution in [2.45, 2.75) is 93.2 Å². The maximum atomic E-state index is 12.2. The van der Waals surface area contributed by atoms with Crippen LogP contribution in [-0.4, -0.2) is 54.1 Å². The van der Waals surface area contributed by atoms with Crippen molar-refractivity contribution >= 4 is 12.1 Å². The maximum Gasteiger partial charge on any atom is 0.317 e. The lowest BCUT2D eigenvalue weighted by atomic mass is 9.86. The normalized spacial score (nSPS) is 14.4. The summed E-state index contributed by atoms with van der Waals surface area (Å²) < 4.78 is 0. The van der Waals surface area contributed by atoms with E-state index < -0.39 is 0 Å². The fraction of sp³-hybridized carbons (Fsp3) is 0.905. The number of carbonyl (C=O) groups is 2. The average Bonchev–Trinajstić information content (AvgIpc) is 2.53. The van der Waals surface area contributed by atoms with E-state index in [1.165, 1.54) is 0 Å². The highest BCUT2D eigenvalue weighted by atomic mass is 16.2. The second-order valence-electron chi connectivity index (χ2n) is 9.78. The van der Waals surface area contributed by atoms with E-state index in [1.54, 1.807) is 11.9 Å². The Bertz CT molecular complexity index is 466. The zero-order valence-corrected chi connectivity index (χ0v) is 19.2. The van der Waals surface area contributed by atoms with Crippen LogP contribution >= 0.6 is 0 Å². The third kappa shape index (κ3) is 8.85. The summed E-state index contributed by atoms with van der Waals surface area (Å²) in [5.74, 6) is 0. The first-order valence-electron chi connectivity index (χ1n) is 10.3. The summed E-state index contributed by atoms with van der Waals surface area (Å²) in [6, 6.07) is -0.0969. The number of nitrogens with two attached hydrogens (primary N) is 1. The van der Waals surface area contributed by atoms with Crippen molar-refractivity contribution in [1.82, 2.24) is 15.1 Å². The van der Waals surface area contributed by atoms with Crippen LogP contribution in [0.5, 0.6) is 0 Å². The Balaban J connectivity index is 4.46. The molecule has 160 valence electrons. The van der Waals surface area contributed by atoms with Gasteiger partial charge in [0, 0.05) is 32.2 Å². The molecule has 27 heavy (non-hydrogen) atoms. The molecule has 0 saturated heterocycles. The summed E-state index contributed by atoms with van der Waals surface area (Å²) in [7, 11) is 1.68. The van der Waals surface area contributed by atoms with Crippen LogP contribution in [0.25, 0.3) is 0 Å². The molecule has 0 bridgehead atoms. The maximum absolute atomic E-state index is 12.2. The number of carbonyl (C=O) groups excluding carboxylic acids is 2. The van der Waals surface area contributed by atoms with Crippen LogP contribution in [0.4, 0.5) is 9.59 Å². The van der Waals surface area contributed by atoms with E-state index in [2.05, 4.69) is 60.7 Å². The van der Waals surface area contributed by atoms with Gasteiger partial charge in [-0.05, 0) is 37.5 Å². The first-order chi connectivity index (χ1) is 12.2. The van der Waals surface area contributed by atoms with Gasteiger partial charge >= 0.3 is 12.1 Å². The number of hydrogen-bond donors (Lipinski definition) is 2. The van der Waals surface area contributed by atoms with Gasteiger partial charge in [0.15, 0.2) is 0 Å². The SMILES string of the molecule is CNC(=O)N(CCCCCCN(C(N)=O)C(C)C(C)(C)C)C(C)C(C)(C)C. The van der Waals surface area contributed by atoms with E-state index in [-0.39, 0.29) is 35.0 Å². The first-order valence-corrected chi connectivity index (χ1v) is 10.3. The highest BCUT2D eigenvalue weighted by Crippen LogP contribution is 2.25. The van der Waals surface area contributed by atoms with Crippen molar-refractivity contribution in [3.63, 3.8) is 0 Å². The van der Waals surface area contributed by atoms with Gasteiger partial charge in [-0.3, -0.25) is 0 Å². The van der Waals surface area contributed by atoms with Crippen LogP contribution in [0.3, 0.4) is 0 Å². The summed E-state index contributed by atoms with van der Waals surface area (Å²) in [6.45, 7) is 18.4. The third-order valence-corrected chi connectivity index (χ3v) is 5.75. The molecule has 0 aliphatic rings. The Hall–Kier alpha value is -1.46. The predicted octanol–water partition coefficient (Wildman–Crippen LogP) is 4.44. The summed E-state index contributed by atoms with van der Waals surface area (Å²) >= 11 is 0. The number of nitrogens with zero attached hydrogens (tertiary/aromatic N) is 2. The largest absolute Gasteiger partial charge is 0.351 e. The number of amides is 4. The molecule has 0 aromatic heterocycles. The van der Waals surface area contributed by atoms with Gasteiger partial charge in [-0.2, -0.15) is 0 Å². The van der Waals surface area contributed by atoms with Crippen molar-refractivity contribution in [3.05, 3.63) is 0 Å². The minimum atomic E-state index is -0.345. The van der Waals surface area contributed by atoms with Gasteiger partial charge in [0.25, 0.3) is 0 Å². The molecule has 2 unspecified atom stereocenters. The van der Waals surface area contributed by atoms with Crippen molar-refractivity contribution < 1.29 is 9.59 Å². The fourth-order valence-electron chi connectivity index (χ4n) is 2.96. The van der Waals surface area contributed by atoms with Gasteiger partial charge in [-0.25, -0.2) is 9.59 Å². The highest BCUT2D eigenvalue weighted by molar-refractivity contribution is 5.74. The molecular weight excluding hydrogens is 340 g/mol. The summed E-state index contributed by atoms with van der Waals surface area (Å²) in [5, 5.41) is 2.75. The smallest absolute Gasteiger partial charge is 0.317 e. The first kappa shape index (κ1) is 25.5. The molecule has 0 aliphatic carbocycles. The molecule has 0 rings (SSSR count). The van der Waals surface area contributed by atoms with Crippen LogP contribution in [0, 0.1) is 10.8 Å². The standard InChI is InChI=1S/C21H44N4O2/c1-16(20(3,4)5)24(18(22)26)14-12-10-11-13-15-25(19(27)23-9)17(2)21(6,7)8/h16-17H,10-15H2,1-9H3,(H2,22,26)(H,23,27). The lowest BCUT2D eigenvalue weighted by Crippen LogP contribution is -2.49. The van der Waals surface area contributed by atoms with Crippen LogP contribution in [0.1, 0.15) is 81.1 Å². The number of primary amides is 1. The Kier molecular flexibility index (Phi) is 10.2. The Labute approximate surface area is 167 Å². The second kappa shape index (κ2) is 10.8. The topological polar surface area (TPSA) is 78.7 Å². The molecule has 0 heterocycles. The molecule has 2 atom stereocenters. The molecule has 0 spiro atoms. The van der Waals surface area contributed by atoms with E-state index in [0.29, 0.717) is 6.54 Å². The second-order valence-corrected chi connectivity index (χ2v) is 9.78.